The normalized spacial score (nSPS) is 12.8. The minimum absolute atomic E-state index is 0. The van der Waals surface area contributed by atoms with Crippen molar-refractivity contribution in [2.24, 2.45) is 4.99 Å². The molecule has 1 heterocycles. The van der Waals surface area contributed by atoms with Gasteiger partial charge in [0.1, 0.15) is 0 Å². The zero-order valence-electron chi connectivity index (χ0n) is 16.7. The van der Waals surface area contributed by atoms with E-state index in [1.165, 1.54) is 5.56 Å². The van der Waals surface area contributed by atoms with Crippen LogP contribution in [-0.4, -0.2) is 29.6 Å². The molecule has 0 bridgehead atoms. The van der Waals surface area contributed by atoms with Crippen molar-refractivity contribution < 1.29 is 0 Å². The van der Waals surface area contributed by atoms with Crippen LogP contribution < -0.4 is 16.0 Å². The van der Waals surface area contributed by atoms with E-state index in [9.17, 15) is 0 Å². The van der Waals surface area contributed by atoms with Crippen LogP contribution in [0.5, 0.6) is 0 Å². The summed E-state index contributed by atoms with van der Waals surface area (Å²) in [5, 5.41) is 10.4. The van der Waals surface area contributed by atoms with Crippen LogP contribution in [0.25, 0.3) is 0 Å². The van der Waals surface area contributed by atoms with Gasteiger partial charge in [0.2, 0.25) is 0 Å². The number of nitrogens with zero attached hydrogens (tertiary/aromatic N) is 2. The zero-order chi connectivity index (χ0) is 18.8. The Morgan fingerprint density at radius 1 is 1.07 bits per heavy atom. The number of halogens is 1. The Bertz CT molecular complexity index is 673. The van der Waals surface area contributed by atoms with Gasteiger partial charge in [0.15, 0.2) is 5.96 Å². The highest BCUT2D eigenvalue weighted by atomic mass is 127. The predicted molar refractivity (Wildman–Crippen MR) is 125 cm³/mol. The van der Waals surface area contributed by atoms with Gasteiger partial charge in [0.25, 0.3) is 0 Å². The van der Waals surface area contributed by atoms with Gasteiger partial charge in [0, 0.05) is 30.9 Å². The molecule has 1 aromatic carbocycles. The molecule has 27 heavy (non-hydrogen) atoms. The first-order chi connectivity index (χ1) is 12.5. The molecule has 0 fully saturated rings. The number of rotatable bonds is 8. The predicted octanol–water partition coefficient (Wildman–Crippen LogP) is 3.88. The number of benzene rings is 1. The summed E-state index contributed by atoms with van der Waals surface area (Å²) in [5.74, 6) is 0.806. The molecule has 0 aliphatic rings. The molecule has 0 spiro atoms. The summed E-state index contributed by atoms with van der Waals surface area (Å²) < 4.78 is 0. The van der Waals surface area contributed by atoms with E-state index < -0.39 is 0 Å². The van der Waals surface area contributed by atoms with E-state index in [0.29, 0.717) is 6.54 Å². The van der Waals surface area contributed by atoms with Crippen LogP contribution in [0.3, 0.4) is 0 Å². The SMILES string of the molecule is CCNC(=NCc1ccccn1)NCC(C)(C)NC(C)c1ccccc1.I. The molecule has 1 atom stereocenters. The van der Waals surface area contributed by atoms with Gasteiger partial charge >= 0.3 is 0 Å². The van der Waals surface area contributed by atoms with E-state index in [1.54, 1.807) is 6.20 Å². The van der Waals surface area contributed by atoms with E-state index in [2.05, 4.69) is 77.9 Å². The first-order valence-electron chi connectivity index (χ1n) is 9.25. The third kappa shape index (κ3) is 8.71. The number of nitrogens with one attached hydrogen (secondary N) is 3. The lowest BCUT2D eigenvalue weighted by atomic mass is 10.0. The van der Waals surface area contributed by atoms with Crippen LogP contribution in [0.2, 0.25) is 0 Å². The fraction of sp³-hybridized carbons (Fsp3) is 0.429. The molecule has 5 nitrogen and oxygen atoms in total. The van der Waals surface area contributed by atoms with E-state index in [0.717, 1.165) is 24.7 Å². The second-order valence-corrected chi connectivity index (χ2v) is 7.03. The van der Waals surface area contributed by atoms with Gasteiger partial charge in [-0.3, -0.25) is 4.98 Å². The number of aromatic nitrogens is 1. The molecule has 1 aromatic heterocycles. The summed E-state index contributed by atoms with van der Waals surface area (Å²) in [6.45, 7) is 10.8. The number of guanidine groups is 1. The maximum atomic E-state index is 4.63. The van der Waals surface area contributed by atoms with Crippen molar-refractivity contribution in [1.29, 1.82) is 0 Å². The molecule has 2 rings (SSSR count). The summed E-state index contributed by atoms with van der Waals surface area (Å²) in [6.07, 6.45) is 1.79. The maximum Gasteiger partial charge on any atom is 0.191 e. The quantitative estimate of drug-likeness (QED) is 0.304. The van der Waals surface area contributed by atoms with E-state index in [4.69, 9.17) is 0 Å². The summed E-state index contributed by atoms with van der Waals surface area (Å²) in [6, 6.07) is 16.7. The summed E-state index contributed by atoms with van der Waals surface area (Å²) in [5.41, 5.74) is 2.16. The maximum absolute atomic E-state index is 4.63. The van der Waals surface area contributed by atoms with Crippen LogP contribution in [0.4, 0.5) is 0 Å². The third-order valence-corrected chi connectivity index (χ3v) is 4.07. The van der Waals surface area contributed by atoms with Crippen molar-refractivity contribution in [3.8, 4) is 0 Å². The van der Waals surface area contributed by atoms with Gasteiger partial charge in [-0.05, 0) is 45.4 Å². The molecule has 0 radical (unpaired) electrons. The molecule has 1 unspecified atom stereocenters. The highest BCUT2D eigenvalue weighted by Crippen LogP contribution is 2.15. The Balaban J connectivity index is 0.00000364. The largest absolute Gasteiger partial charge is 0.357 e. The molecular weight excluding hydrogens is 449 g/mol. The Morgan fingerprint density at radius 2 is 1.78 bits per heavy atom. The fourth-order valence-corrected chi connectivity index (χ4v) is 2.76. The Hall–Kier alpha value is -1.67. The molecule has 6 heteroatoms. The van der Waals surface area contributed by atoms with Crippen molar-refractivity contribution in [3.63, 3.8) is 0 Å². The Morgan fingerprint density at radius 3 is 2.41 bits per heavy atom. The molecule has 0 amide bonds. The van der Waals surface area contributed by atoms with Crippen molar-refractivity contribution in [2.75, 3.05) is 13.1 Å². The van der Waals surface area contributed by atoms with Crippen molar-refractivity contribution in [1.82, 2.24) is 20.9 Å². The second-order valence-electron chi connectivity index (χ2n) is 7.03. The highest BCUT2D eigenvalue weighted by Gasteiger charge is 2.21. The van der Waals surface area contributed by atoms with Crippen LogP contribution in [0.1, 0.15) is 45.0 Å². The molecule has 0 aliphatic heterocycles. The number of hydrogen-bond acceptors (Lipinski definition) is 3. The Labute approximate surface area is 180 Å². The third-order valence-electron chi connectivity index (χ3n) is 4.07. The van der Waals surface area contributed by atoms with Gasteiger partial charge in [-0.15, -0.1) is 24.0 Å². The smallest absolute Gasteiger partial charge is 0.191 e. The molecule has 148 valence electrons. The van der Waals surface area contributed by atoms with Gasteiger partial charge in [-0.1, -0.05) is 36.4 Å². The molecule has 0 saturated heterocycles. The van der Waals surface area contributed by atoms with Crippen LogP contribution in [-0.2, 0) is 6.54 Å². The number of hydrogen-bond donors (Lipinski definition) is 3. The minimum Gasteiger partial charge on any atom is -0.357 e. The Kier molecular flexibility index (Phi) is 10.3. The molecule has 3 N–H and O–H groups in total. The first kappa shape index (κ1) is 23.4. The number of pyridine rings is 1. The van der Waals surface area contributed by atoms with Crippen LogP contribution in [0.15, 0.2) is 59.7 Å². The van der Waals surface area contributed by atoms with Gasteiger partial charge < -0.3 is 16.0 Å². The summed E-state index contributed by atoms with van der Waals surface area (Å²) in [4.78, 5) is 8.95. The lowest BCUT2D eigenvalue weighted by Gasteiger charge is -2.31. The van der Waals surface area contributed by atoms with Gasteiger partial charge in [-0.2, -0.15) is 0 Å². The molecule has 0 aliphatic carbocycles. The van der Waals surface area contributed by atoms with Gasteiger partial charge in [-0.25, -0.2) is 4.99 Å². The standard InChI is InChI=1S/C21H31N5.HI/c1-5-22-20(24-15-19-13-9-10-14-23-19)25-16-21(3,4)26-17(2)18-11-7-6-8-12-18;/h6-14,17,26H,5,15-16H2,1-4H3,(H2,22,24,25);1H. The minimum atomic E-state index is -0.0869. The van der Waals surface area contributed by atoms with Crippen molar-refractivity contribution in [2.45, 2.75) is 45.8 Å². The second kappa shape index (κ2) is 11.9. The fourth-order valence-electron chi connectivity index (χ4n) is 2.76. The highest BCUT2D eigenvalue weighted by molar-refractivity contribution is 14.0. The molecule has 2 aromatic rings. The van der Waals surface area contributed by atoms with Crippen molar-refractivity contribution >= 4 is 29.9 Å². The lowest BCUT2D eigenvalue weighted by molar-refractivity contribution is 0.345. The average molecular weight is 481 g/mol. The van der Waals surface area contributed by atoms with Gasteiger partial charge in [0.05, 0.1) is 12.2 Å². The molecular formula is C21H32IN5. The van der Waals surface area contributed by atoms with E-state index >= 15 is 0 Å². The van der Waals surface area contributed by atoms with E-state index in [-0.39, 0.29) is 35.6 Å². The summed E-state index contributed by atoms with van der Waals surface area (Å²) >= 11 is 0. The lowest BCUT2D eigenvalue weighted by Crippen LogP contribution is -2.52. The van der Waals surface area contributed by atoms with Crippen molar-refractivity contribution in [3.05, 3.63) is 66.0 Å². The molecule has 0 saturated carbocycles. The average Bonchev–Trinajstić information content (AvgIpc) is 2.65. The zero-order valence-corrected chi connectivity index (χ0v) is 19.0. The van der Waals surface area contributed by atoms with E-state index in [1.807, 2.05) is 24.3 Å². The number of aliphatic imine (C=N–C) groups is 1. The van der Waals surface area contributed by atoms with Crippen LogP contribution in [0, 0.1) is 0 Å². The monoisotopic (exact) mass is 481 g/mol. The topological polar surface area (TPSA) is 61.3 Å². The van der Waals surface area contributed by atoms with Crippen LogP contribution >= 0.6 is 24.0 Å². The first-order valence-corrected chi connectivity index (χ1v) is 9.25. The summed E-state index contributed by atoms with van der Waals surface area (Å²) in [7, 11) is 0.